The molecule has 0 radical (unpaired) electrons. The zero-order chi connectivity index (χ0) is 17.4. The fourth-order valence-electron chi connectivity index (χ4n) is 2.66. The average molecular weight is 336 g/mol. The molecule has 0 fully saturated rings. The van der Waals surface area contributed by atoms with Crippen molar-refractivity contribution in [3.8, 4) is 11.4 Å². The van der Waals surface area contributed by atoms with Crippen molar-refractivity contribution in [3.05, 3.63) is 42.0 Å². The van der Waals surface area contributed by atoms with Gasteiger partial charge in [-0.05, 0) is 19.1 Å². The van der Waals surface area contributed by atoms with Crippen LogP contribution in [0.15, 0.2) is 28.9 Å². The molecule has 0 aliphatic heterocycles. The Bertz CT molecular complexity index is 1040. The number of anilines is 1. The van der Waals surface area contributed by atoms with Gasteiger partial charge < -0.3 is 9.73 Å². The third kappa shape index (κ3) is 2.80. The highest BCUT2D eigenvalue weighted by atomic mass is 16.4. The largest absolute Gasteiger partial charge is 0.424 e. The van der Waals surface area contributed by atoms with Crippen LogP contribution in [0.5, 0.6) is 0 Å². The number of hydrogen-bond acceptors (Lipinski definition) is 8. The van der Waals surface area contributed by atoms with Gasteiger partial charge in [0.05, 0.1) is 17.6 Å². The molecule has 4 aromatic rings. The van der Waals surface area contributed by atoms with E-state index in [0.29, 0.717) is 30.0 Å². The molecule has 0 saturated heterocycles. The van der Waals surface area contributed by atoms with Gasteiger partial charge in [-0.3, -0.25) is 9.67 Å². The zero-order valence-electron chi connectivity index (χ0n) is 14.1. The molecule has 4 heterocycles. The molecular weight excluding hydrogens is 320 g/mol. The summed E-state index contributed by atoms with van der Waals surface area (Å²) in [5.74, 6) is 2.27. The number of nitrogens with zero attached hydrogens (tertiary/aromatic N) is 7. The first-order valence-electron chi connectivity index (χ1n) is 7.76. The maximum absolute atomic E-state index is 5.41. The van der Waals surface area contributed by atoms with Crippen LogP contribution in [-0.2, 0) is 13.6 Å². The van der Waals surface area contributed by atoms with Crippen LogP contribution in [-0.4, -0.2) is 34.9 Å². The minimum absolute atomic E-state index is 0.369. The summed E-state index contributed by atoms with van der Waals surface area (Å²) >= 11 is 0. The number of aromatic nitrogens is 7. The molecule has 0 spiro atoms. The Morgan fingerprint density at radius 1 is 1.20 bits per heavy atom. The number of aryl methyl sites for hydroxylation is 3. The van der Waals surface area contributed by atoms with Crippen molar-refractivity contribution in [2.24, 2.45) is 7.05 Å². The van der Waals surface area contributed by atoms with Crippen LogP contribution >= 0.6 is 0 Å². The van der Waals surface area contributed by atoms with Gasteiger partial charge in [0, 0.05) is 31.9 Å². The summed E-state index contributed by atoms with van der Waals surface area (Å²) < 4.78 is 7.15. The Labute approximate surface area is 143 Å². The van der Waals surface area contributed by atoms with Gasteiger partial charge in [0.1, 0.15) is 5.82 Å². The molecule has 9 heteroatoms. The predicted octanol–water partition coefficient (Wildman–Crippen LogP) is 2.04. The maximum atomic E-state index is 5.41. The van der Waals surface area contributed by atoms with Crippen molar-refractivity contribution in [1.29, 1.82) is 0 Å². The molecule has 0 bridgehead atoms. The first-order valence-corrected chi connectivity index (χ1v) is 7.76. The van der Waals surface area contributed by atoms with Crippen molar-refractivity contribution in [3.63, 3.8) is 0 Å². The van der Waals surface area contributed by atoms with Crippen LogP contribution in [0.4, 0.5) is 5.82 Å². The summed E-state index contributed by atoms with van der Waals surface area (Å²) in [5, 5.41) is 16.4. The van der Waals surface area contributed by atoms with Crippen molar-refractivity contribution in [2.75, 3.05) is 5.32 Å². The monoisotopic (exact) mass is 336 g/mol. The number of rotatable bonds is 4. The molecular formula is C16H16N8O. The van der Waals surface area contributed by atoms with Crippen molar-refractivity contribution < 1.29 is 4.42 Å². The summed E-state index contributed by atoms with van der Waals surface area (Å²) in [5.41, 5.74) is 2.43. The highest BCUT2D eigenvalue weighted by molar-refractivity contribution is 5.90. The van der Waals surface area contributed by atoms with E-state index in [0.717, 1.165) is 22.3 Å². The second-order valence-electron chi connectivity index (χ2n) is 5.61. The van der Waals surface area contributed by atoms with E-state index in [1.165, 1.54) is 0 Å². The Morgan fingerprint density at radius 2 is 2.08 bits per heavy atom. The SMILES string of the molecule is Cc1nnc(CNc2nc(-c3cccnc3)nc3c2c(C)nn3C)o1. The zero-order valence-corrected chi connectivity index (χ0v) is 14.1. The molecule has 0 unspecified atom stereocenters. The molecule has 0 aliphatic rings. The van der Waals surface area contributed by atoms with E-state index in [1.807, 2.05) is 26.1 Å². The van der Waals surface area contributed by atoms with Crippen LogP contribution in [0, 0.1) is 13.8 Å². The van der Waals surface area contributed by atoms with Gasteiger partial charge in [-0.15, -0.1) is 10.2 Å². The third-order valence-electron chi connectivity index (χ3n) is 3.75. The molecule has 25 heavy (non-hydrogen) atoms. The van der Waals surface area contributed by atoms with Crippen LogP contribution in [0.1, 0.15) is 17.5 Å². The van der Waals surface area contributed by atoms with Crippen LogP contribution in [0.25, 0.3) is 22.4 Å². The molecule has 0 aromatic carbocycles. The number of pyridine rings is 1. The standard InChI is InChI=1S/C16H16N8O/c1-9-13-15(18-8-12-22-21-10(2)25-12)19-14(11-5-4-6-17-7-11)20-16(13)24(3)23-9/h4-7H,8H2,1-3H3,(H,18,19,20). The molecule has 9 nitrogen and oxygen atoms in total. The lowest BCUT2D eigenvalue weighted by molar-refractivity contribution is 0.474. The fourth-order valence-corrected chi connectivity index (χ4v) is 2.66. The van der Waals surface area contributed by atoms with Crippen molar-refractivity contribution in [2.45, 2.75) is 20.4 Å². The van der Waals surface area contributed by atoms with Crippen LogP contribution in [0.2, 0.25) is 0 Å². The van der Waals surface area contributed by atoms with Crippen LogP contribution < -0.4 is 5.32 Å². The molecule has 4 aromatic heterocycles. The summed E-state index contributed by atoms with van der Waals surface area (Å²) in [6.45, 7) is 4.05. The minimum atomic E-state index is 0.369. The quantitative estimate of drug-likeness (QED) is 0.603. The van der Waals surface area contributed by atoms with Gasteiger partial charge in [0.2, 0.25) is 11.8 Å². The lowest BCUT2D eigenvalue weighted by atomic mass is 10.2. The fraction of sp³-hybridized carbons (Fsp3) is 0.250. The van der Waals surface area contributed by atoms with E-state index in [2.05, 4.69) is 35.6 Å². The Morgan fingerprint density at radius 3 is 2.80 bits per heavy atom. The Kier molecular flexibility index (Phi) is 3.60. The summed E-state index contributed by atoms with van der Waals surface area (Å²) in [7, 11) is 1.86. The smallest absolute Gasteiger partial charge is 0.235 e. The minimum Gasteiger partial charge on any atom is -0.424 e. The number of hydrogen-bond donors (Lipinski definition) is 1. The molecule has 0 saturated carbocycles. The first-order chi connectivity index (χ1) is 12.1. The van der Waals surface area contributed by atoms with Gasteiger partial charge in [0.25, 0.3) is 0 Å². The van der Waals surface area contributed by atoms with E-state index in [-0.39, 0.29) is 0 Å². The highest BCUT2D eigenvalue weighted by Crippen LogP contribution is 2.27. The van der Waals surface area contributed by atoms with Crippen molar-refractivity contribution in [1.82, 2.24) is 34.9 Å². The lowest BCUT2D eigenvalue weighted by Crippen LogP contribution is -2.05. The van der Waals surface area contributed by atoms with E-state index in [1.54, 1.807) is 24.0 Å². The van der Waals surface area contributed by atoms with E-state index >= 15 is 0 Å². The van der Waals surface area contributed by atoms with Gasteiger partial charge in [-0.2, -0.15) is 5.10 Å². The van der Waals surface area contributed by atoms with E-state index in [9.17, 15) is 0 Å². The number of fused-ring (bicyclic) bond motifs is 1. The molecule has 0 atom stereocenters. The first kappa shape index (κ1) is 15.2. The summed E-state index contributed by atoms with van der Waals surface area (Å²) in [4.78, 5) is 13.4. The summed E-state index contributed by atoms with van der Waals surface area (Å²) in [6.07, 6.45) is 3.45. The average Bonchev–Trinajstić information content (AvgIpc) is 3.17. The number of nitrogens with one attached hydrogen (secondary N) is 1. The van der Waals surface area contributed by atoms with E-state index < -0.39 is 0 Å². The molecule has 1 N–H and O–H groups in total. The molecule has 4 rings (SSSR count). The lowest BCUT2D eigenvalue weighted by Gasteiger charge is -2.08. The second kappa shape index (κ2) is 5.93. The predicted molar refractivity (Wildman–Crippen MR) is 90.6 cm³/mol. The van der Waals surface area contributed by atoms with E-state index in [4.69, 9.17) is 4.42 Å². The van der Waals surface area contributed by atoms with Gasteiger partial charge in [-0.1, -0.05) is 0 Å². The molecule has 0 aliphatic carbocycles. The Balaban J connectivity index is 1.80. The van der Waals surface area contributed by atoms with Crippen LogP contribution in [0.3, 0.4) is 0 Å². The van der Waals surface area contributed by atoms with Gasteiger partial charge in [0.15, 0.2) is 11.5 Å². The maximum Gasteiger partial charge on any atom is 0.235 e. The molecule has 0 amide bonds. The normalized spacial score (nSPS) is 11.2. The van der Waals surface area contributed by atoms with Gasteiger partial charge >= 0.3 is 0 Å². The topological polar surface area (TPSA) is 107 Å². The highest BCUT2D eigenvalue weighted by Gasteiger charge is 2.16. The summed E-state index contributed by atoms with van der Waals surface area (Å²) in [6, 6.07) is 3.77. The van der Waals surface area contributed by atoms with Crippen molar-refractivity contribution >= 4 is 16.9 Å². The Hall–Kier alpha value is -3.36. The van der Waals surface area contributed by atoms with Gasteiger partial charge in [-0.25, -0.2) is 9.97 Å². The third-order valence-corrected chi connectivity index (χ3v) is 3.75. The second-order valence-corrected chi connectivity index (χ2v) is 5.61. The molecule has 126 valence electrons.